The summed E-state index contributed by atoms with van der Waals surface area (Å²) in [4.78, 5) is 0. The Morgan fingerprint density at radius 2 is 1.12 bits per heavy atom. The predicted octanol–water partition coefficient (Wildman–Crippen LogP) is 8.15. The van der Waals surface area contributed by atoms with Gasteiger partial charge in [-0.15, -0.1) is 0 Å². The highest BCUT2D eigenvalue weighted by Crippen LogP contribution is 2.35. The summed E-state index contributed by atoms with van der Waals surface area (Å²) in [6.07, 6.45) is 0. The fourth-order valence-corrected chi connectivity index (χ4v) is 3.70. The molecule has 3 rings (SSSR count). The molecule has 0 aliphatic heterocycles. The van der Waals surface area contributed by atoms with Crippen LogP contribution in [-0.2, 0) is 10.8 Å². The largest absolute Gasteiger partial charge is 0.488 e. The van der Waals surface area contributed by atoms with Gasteiger partial charge < -0.3 is 9.47 Å². The van der Waals surface area contributed by atoms with Crippen LogP contribution in [0.3, 0.4) is 0 Å². The third-order valence-electron chi connectivity index (χ3n) is 5.77. The minimum Gasteiger partial charge on any atom is -0.488 e. The predicted molar refractivity (Wildman–Crippen MR) is 135 cm³/mol. The summed E-state index contributed by atoms with van der Waals surface area (Å²) in [5.41, 5.74) is 3.64. The molecule has 0 aliphatic rings. The molecular weight excluding hydrogens is 406 g/mol. The maximum absolute atomic E-state index is 9.61. The van der Waals surface area contributed by atoms with Crippen LogP contribution in [0.5, 0.6) is 17.2 Å². The Hall–Kier alpha value is -3.25. The number of benzene rings is 3. The van der Waals surface area contributed by atoms with Crippen molar-refractivity contribution in [2.75, 3.05) is 0 Å². The molecule has 0 radical (unpaired) electrons. The molecule has 0 fully saturated rings. The van der Waals surface area contributed by atoms with Crippen LogP contribution in [0.15, 0.2) is 66.7 Å². The van der Waals surface area contributed by atoms with E-state index in [1.165, 1.54) is 11.1 Å². The maximum Gasteiger partial charge on any atom is 0.145 e. The number of hydrogen-bond donors (Lipinski definition) is 0. The molecule has 0 atom stereocenters. The van der Waals surface area contributed by atoms with Gasteiger partial charge in [-0.2, -0.15) is 5.26 Å². The minimum atomic E-state index is -0.217. The van der Waals surface area contributed by atoms with E-state index in [4.69, 9.17) is 9.47 Å². The van der Waals surface area contributed by atoms with Gasteiger partial charge in [0.25, 0.3) is 0 Å². The molecule has 0 unspecified atom stereocenters. The highest BCUT2D eigenvalue weighted by atomic mass is 16.5. The standard InChI is InChI=1S/C30H35NO2/c1-28(2,3)24-13-18-27(21(19-24)20-31)32-25-14-9-22(10-15-25)30(7,8)23-11-16-26(17-12-23)33-29(4,5)6/h9-19H,1-8H3. The Morgan fingerprint density at radius 3 is 1.58 bits per heavy atom. The van der Waals surface area contributed by atoms with E-state index in [-0.39, 0.29) is 16.4 Å². The molecule has 172 valence electrons. The highest BCUT2D eigenvalue weighted by molar-refractivity contribution is 5.49. The zero-order valence-corrected chi connectivity index (χ0v) is 21.1. The molecule has 0 N–H and O–H groups in total. The Bertz CT molecular complexity index is 1140. The summed E-state index contributed by atoms with van der Waals surface area (Å²) in [6, 6.07) is 24.5. The molecule has 0 heterocycles. The first kappa shape index (κ1) is 24.4. The van der Waals surface area contributed by atoms with Crippen molar-refractivity contribution in [2.24, 2.45) is 0 Å². The average molecular weight is 442 g/mol. The fraction of sp³-hybridized carbons (Fsp3) is 0.367. The fourth-order valence-electron chi connectivity index (χ4n) is 3.70. The van der Waals surface area contributed by atoms with Gasteiger partial charge in [-0.25, -0.2) is 0 Å². The van der Waals surface area contributed by atoms with Crippen molar-refractivity contribution in [1.82, 2.24) is 0 Å². The van der Waals surface area contributed by atoms with Gasteiger partial charge in [0.1, 0.15) is 28.9 Å². The van der Waals surface area contributed by atoms with Gasteiger partial charge in [0.2, 0.25) is 0 Å². The van der Waals surface area contributed by atoms with Crippen molar-refractivity contribution >= 4 is 0 Å². The first-order chi connectivity index (χ1) is 15.3. The molecule has 0 spiro atoms. The van der Waals surface area contributed by atoms with Crippen molar-refractivity contribution in [3.8, 4) is 23.3 Å². The summed E-state index contributed by atoms with van der Waals surface area (Å²) in [5, 5.41) is 9.61. The molecule has 0 saturated heterocycles. The third-order valence-corrected chi connectivity index (χ3v) is 5.77. The van der Waals surface area contributed by atoms with Crippen molar-refractivity contribution in [2.45, 2.75) is 71.8 Å². The Labute approximate surface area is 199 Å². The number of ether oxygens (including phenoxy) is 2. The van der Waals surface area contributed by atoms with Crippen LogP contribution < -0.4 is 9.47 Å². The summed E-state index contributed by atoms with van der Waals surface area (Å²) in [7, 11) is 0. The molecule has 33 heavy (non-hydrogen) atoms. The molecule has 3 heteroatoms. The van der Waals surface area contributed by atoms with Gasteiger partial charge in [-0.1, -0.05) is 65.0 Å². The lowest BCUT2D eigenvalue weighted by Crippen LogP contribution is -2.23. The van der Waals surface area contributed by atoms with Gasteiger partial charge in [-0.3, -0.25) is 0 Å². The van der Waals surface area contributed by atoms with E-state index in [9.17, 15) is 5.26 Å². The molecule has 3 aromatic carbocycles. The van der Waals surface area contributed by atoms with Gasteiger partial charge in [0.15, 0.2) is 0 Å². The van der Waals surface area contributed by atoms with E-state index >= 15 is 0 Å². The van der Waals surface area contributed by atoms with Crippen molar-refractivity contribution in [3.05, 3.63) is 89.0 Å². The summed E-state index contributed by atoms with van der Waals surface area (Å²) in [6.45, 7) is 17.0. The second-order valence-electron chi connectivity index (χ2n) is 11.1. The van der Waals surface area contributed by atoms with Gasteiger partial charge in [0, 0.05) is 5.41 Å². The van der Waals surface area contributed by atoms with Crippen LogP contribution in [0.1, 0.15) is 77.6 Å². The Kier molecular flexibility index (Phi) is 6.61. The first-order valence-corrected chi connectivity index (χ1v) is 11.4. The van der Waals surface area contributed by atoms with E-state index in [0.717, 1.165) is 11.3 Å². The minimum absolute atomic E-state index is 0.0194. The molecular formula is C30H35NO2. The molecule has 0 bridgehead atoms. The Morgan fingerprint density at radius 1 is 0.636 bits per heavy atom. The molecule has 3 aromatic rings. The monoisotopic (exact) mass is 441 g/mol. The topological polar surface area (TPSA) is 42.2 Å². The van der Waals surface area contributed by atoms with Crippen LogP contribution in [0.4, 0.5) is 0 Å². The lowest BCUT2D eigenvalue weighted by atomic mass is 9.78. The zero-order valence-electron chi connectivity index (χ0n) is 21.1. The average Bonchev–Trinajstić information content (AvgIpc) is 2.73. The second-order valence-corrected chi connectivity index (χ2v) is 11.1. The van der Waals surface area contributed by atoms with Crippen LogP contribution in [0.2, 0.25) is 0 Å². The highest BCUT2D eigenvalue weighted by Gasteiger charge is 2.24. The van der Waals surface area contributed by atoms with Crippen LogP contribution >= 0.6 is 0 Å². The van der Waals surface area contributed by atoms with Crippen molar-refractivity contribution in [1.29, 1.82) is 5.26 Å². The van der Waals surface area contributed by atoms with Crippen LogP contribution in [0.25, 0.3) is 0 Å². The zero-order chi connectivity index (χ0) is 24.4. The van der Waals surface area contributed by atoms with E-state index in [2.05, 4.69) is 65.0 Å². The SMILES string of the molecule is CC(C)(C)Oc1ccc(C(C)(C)c2ccc(Oc3ccc(C(C)(C)C)cc3C#N)cc2)cc1. The van der Waals surface area contributed by atoms with E-state index in [1.54, 1.807) is 0 Å². The normalized spacial score (nSPS) is 12.2. The van der Waals surface area contributed by atoms with Crippen molar-refractivity contribution in [3.63, 3.8) is 0 Å². The van der Waals surface area contributed by atoms with E-state index < -0.39 is 0 Å². The third kappa shape index (κ3) is 5.96. The smallest absolute Gasteiger partial charge is 0.145 e. The van der Waals surface area contributed by atoms with Gasteiger partial charge >= 0.3 is 0 Å². The summed E-state index contributed by atoms with van der Waals surface area (Å²) in [5.74, 6) is 2.16. The summed E-state index contributed by atoms with van der Waals surface area (Å²) < 4.78 is 12.0. The van der Waals surface area contributed by atoms with Gasteiger partial charge in [-0.05, 0) is 79.3 Å². The first-order valence-electron chi connectivity index (χ1n) is 11.4. The number of nitrogens with zero attached hydrogens (tertiary/aromatic N) is 1. The quantitative estimate of drug-likeness (QED) is 0.401. The van der Waals surface area contributed by atoms with Crippen molar-refractivity contribution < 1.29 is 9.47 Å². The molecule has 0 amide bonds. The Balaban J connectivity index is 1.79. The second kappa shape index (κ2) is 8.94. The maximum atomic E-state index is 9.61. The lowest BCUT2D eigenvalue weighted by molar-refractivity contribution is 0.131. The van der Waals surface area contributed by atoms with Crippen LogP contribution in [0, 0.1) is 11.3 Å². The molecule has 0 aromatic heterocycles. The molecule has 0 saturated carbocycles. The number of nitriles is 1. The van der Waals surface area contributed by atoms with Gasteiger partial charge in [0.05, 0.1) is 5.56 Å². The summed E-state index contributed by atoms with van der Waals surface area (Å²) >= 11 is 0. The molecule has 0 aliphatic carbocycles. The van der Waals surface area contributed by atoms with Crippen LogP contribution in [-0.4, -0.2) is 5.60 Å². The van der Waals surface area contributed by atoms with E-state index in [1.807, 2.05) is 63.2 Å². The lowest BCUT2D eigenvalue weighted by Gasteiger charge is -2.27. The number of rotatable bonds is 5. The molecule has 3 nitrogen and oxygen atoms in total. The van der Waals surface area contributed by atoms with E-state index in [0.29, 0.717) is 17.1 Å². The number of hydrogen-bond acceptors (Lipinski definition) is 3.